The minimum atomic E-state index is -1.04. The highest BCUT2D eigenvalue weighted by Crippen LogP contribution is 2.28. The lowest BCUT2D eigenvalue weighted by Crippen LogP contribution is -2.26. The molecule has 92 valence electrons. The van der Waals surface area contributed by atoms with Crippen LogP contribution in [0.15, 0.2) is 0 Å². The van der Waals surface area contributed by atoms with Crippen molar-refractivity contribution in [2.75, 3.05) is 6.54 Å². The molecular formula is C12H16N2O3. The highest BCUT2D eigenvalue weighted by atomic mass is 16.4. The summed E-state index contributed by atoms with van der Waals surface area (Å²) in [6.07, 6.45) is 2.34. The van der Waals surface area contributed by atoms with E-state index in [1.807, 2.05) is 0 Å². The van der Waals surface area contributed by atoms with E-state index in [2.05, 4.69) is 10.3 Å². The van der Waals surface area contributed by atoms with Crippen LogP contribution >= 0.6 is 0 Å². The van der Waals surface area contributed by atoms with Gasteiger partial charge >= 0.3 is 5.97 Å². The molecule has 1 aliphatic carbocycles. The number of hydrogen-bond acceptors (Lipinski definition) is 2. The first kappa shape index (κ1) is 11.7. The Morgan fingerprint density at radius 3 is 2.53 bits per heavy atom. The minimum Gasteiger partial charge on any atom is -0.477 e. The average Bonchev–Trinajstić information content (AvgIpc) is 3.01. The fourth-order valence-corrected chi connectivity index (χ4v) is 1.95. The van der Waals surface area contributed by atoms with Gasteiger partial charge in [0.2, 0.25) is 0 Å². The number of aromatic nitrogens is 1. The first-order chi connectivity index (χ1) is 8.00. The predicted molar refractivity (Wildman–Crippen MR) is 62.3 cm³/mol. The van der Waals surface area contributed by atoms with Crippen molar-refractivity contribution in [1.29, 1.82) is 0 Å². The van der Waals surface area contributed by atoms with Gasteiger partial charge in [0.05, 0.1) is 5.56 Å². The average molecular weight is 236 g/mol. The summed E-state index contributed by atoms with van der Waals surface area (Å²) < 4.78 is 0. The van der Waals surface area contributed by atoms with Crippen molar-refractivity contribution in [3.05, 3.63) is 22.5 Å². The fourth-order valence-electron chi connectivity index (χ4n) is 1.95. The summed E-state index contributed by atoms with van der Waals surface area (Å²) in [5.74, 6) is -0.611. The van der Waals surface area contributed by atoms with E-state index < -0.39 is 5.97 Å². The molecule has 3 N–H and O–H groups in total. The molecule has 0 spiro atoms. The Morgan fingerprint density at radius 2 is 2.06 bits per heavy atom. The Morgan fingerprint density at radius 1 is 1.41 bits per heavy atom. The summed E-state index contributed by atoms with van der Waals surface area (Å²) in [6.45, 7) is 4.05. The molecule has 0 radical (unpaired) electrons. The Kier molecular flexibility index (Phi) is 2.92. The number of carbonyl (C=O) groups is 2. The second-order valence-corrected chi connectivity index (χ2v) is 4.58. The van der Waals surface area contributed by atoms with E-state index in [0.717, 1.165) is 0 Å². The van der Waals surface area contributed by atoms with E-state index in [0.29, 0.717) is 29.3 Å². The van der Waals surface area contributed by atoms with Gasteiger partial charge in [0, 0.05) is 12.2 Å². The van der Waals surface area contributed by atoms with Crippen LogP contribution in [0.2, 0.25) is 0 Å². The first-order valence-electron chi connectivity index (χ1n) is 5.71. The SMILES string of the molecule is Cc1[nH]c(C(=O)O)c(C)c1C(=O)NCC1CC1. The molecule has 1 aromatic rings. The molecule has 0 aliphatic heterocycles. The van der Waals surface area contributed by atoms with Crippen molar-refractivity contribution in [1.82, 2.24) is 10.3 Å². The van der Waals surface area contributed by atoms with E-state index in [9.17, 15) is 9.59 Å². The smallest absolute Gasteiger partial charge is 0.352 e. The van der Waals surface area contributed by atoms with Crippen molar-refractivity contribution in [2.24, 2.45) is 5.92 Å². The topological polar surface area (TPSA) is 82.2 Å². The second-order valence-electron chi connectivity index (χ2n) is 4.58. The normalized spacial score (nSPS) is 14.7. The number of H-pyrrole nitrogens is 1. The Bertz CT molecular complexity index is 472. The molecule has 1 heterocycles. The molecule has 5 nitrogen and oxygen atoms in total. The third kappa shape index (κ3) is 2.33. The maximum absolute atomic E-state index is 11.9. The van der Waals surface area contributed by atoms with Gasteiger partial charge in [-0.15, -0.1) is 0 Å². The molecule has 1 aliphatic rings. The molecule has 0 atom stereocenters. The van der Waals surface area contributed by atoms with E-state index >= 15 is 0 Å². The molecule has 2 rings (SSSR count). The van der Waals surface area contributed by atoms with Crippen LogP contribution in [0.4, 0.5) is 0 Å². The van der Waals surface area contributed by atoms with Crippen molar-refractivity contribution in [3.8, 4) is 0 Å². The molecular weight excluding hydrogens is 220 g/mol. The van der Waals surface area contributed by atoms with Crippen molar-refractivity contribution in [3.63, 3.8) is 0 Å². The predicted octanol–water partition coefficient (Wildman–Crippen LogP) is 1.47. The Hall–Kier alpha value is -1.78. The summed E-state index contributed by atoms with van der Waals surface area (Å²) in [6, 6.07) is 0. The van der Waals surface area contributed by atoms with Crippen molar-refractivity contribution >= 4 is 11.9 Å². The molecule has 1 fully saturated rings. The van der Waals surface area contributed by atoms with E-state index in [-0.39, 0.29) is 11.6 Å². The molecule has 1 amide bonds. The largest absolute Gasteiger partial charge is 0.477 e. The quantitative estimate of drug-likeness (QED) is 0.740. The molecule has 1 aromatic heterocycles. The lowest BCUT2D eigenvalue weighted by atomic mass is 10.1. The summed E-state index contributed by atoms with van der Waals surface area (Å²) >= 11 is 0. The summed E-state index contributed by atoms with van der Waals surface area (Å²) in [4.78, 5) is 25.6. The molecule has 0 aromatic carbocycles. The fraction of sp³-hybridized carbons (Fsp3) is 0.500. The van der Waals surface area contributed by atoms with Gasteiger partial charge in [-0.25, -0.2) is 4.79 Å². The monoisotopic (exact) mass is 236 g/mol. The molecule has 1 saturated carbocycles. The second kappa shape index (κ2) is 4.24. The number of nitrogens with one attached hydrogen (secondary N) is 2. The number of amides is 1. The number of carboxylic acids is 1. The Balaban J connectivity index is 2.18. The number of carboxylic acid groups (broad SMARTS) is 1. The highest BCUT2D eigenvalue weighted by Gasteiger charge is 2.25. The van der Waals surface area contributed by atoms with Gasteiger partial charge in [-0.1, -0.05) is 0 Å². The standard InChI is InChI=1S/C12H16N2O3/c1-6-9(7(2)14-10(6)12(16)17)11(15)13-5-8-3-4-8/h8,14H,3-5H2,1-2H3,(H,13,15)(H,16,17). The van der Waals surface area contributed by atoms with Gasteiger partial charge in [0.25, 0.3) is 5.91 Å². The van der Waals surface area contributed by atoms with Gasteiger partial charge in [-0.05, 0) is 38.2 Å². The lowest BCUT2D eigenvalue weighted by molar-refractivity contribution is 0.0690. The molecule has 0 saturated heterocycles. The molecule has 17 heavy (non-hydrogen) atoms. The van der Waals surface area contributed by atoms with Crippen LogP contribution in [-0.2, 0) is 0 Å². The van der Waals surface area contributed by atoms with Gasteiger partial charge in [-0.3, -0.25) is 4.79 Å². The number of hydrogen-bond donors (Lipinski definition) is 3. The van der Waals surface area contributed by atoms with Crippen molar-refractivity contribution < 1.29 is 14.7 Å². The van der Waals surface area contributed by atoms with E-state index in [1.165, 1.54) is 12.8 Å². The molecule has 0 bridgehead atoms. The maximum atomic E-state index is 11.9. The first-order valence-corrected chi connectivity index (χ1v) is 5.71. The number of aromatic amines is 1. The molecule has 0 unspecified atom stereocenters. The zero-order valence-corrected chi connectivity index (χ0v) is 9.96. The third-order valence-electron chi connectivity index (χ3n) is 3.13. The summed E-state index contributed by atoms with van der Waals surface area (Å²) in [5.41, 5.74) is 1.67. The molecule has 5 heteroatoms. The maximum Gasteiger partial charge on any atom is 0.352 e. The van der Waals surface area contributed by atoms with Gasteiger partial charge in [0.15, 0.2) is 0 Å². The van der Waals surface area contributed by atoms with Gasteiger partial charge < -0.3 is 15.4 Å². The van der Waals surface area contributed by atoms with E-state index in [4.69, 9.17) is 5.11 Å². The third-order valence-corrected chi connectivity index (χ3v) is 3.13. The van der Waals surface area contributed by atoms with Crippen LogP contribution in [0.25, 0.3) is 0 Å². The highest BCUT2D eigenvalue weighted by molar-refractivity contribution is 6.00. The number of carbonyl (C=O) groups excluding carboxylic acids is 1. The Labute approximate surface area is 99.2 Å². The van der Waals surface area contributed by atoms with Crippen LogP contribution in [0.1, 0.15) is 44.9 Å². The van der Waals surface area contributed by atoms with Crippen LogP contribution in [0.3, 0.4) is 0 Å². The van der Waals surface area contributed by atoms with E-state index in [1.54, 1.807) is 13.8 Å². The number of rotatable bonds is 4. The summed E-state index contributed by atoms with van der Waals surface area (Å²) in [7, 11) is 0. The van der Waals surface area contributed by atoms with Gasteiger partial charge in [0.1, 0.15) is 5.69 Å². The van der Waals surface area contributed by atoms with Crippen LogP contribution in [-0.4, -0.2) is 28.5 Å². The minimum absolute atomic E-state index is 0.0964. The lowest BCUT2D eigenvalue weighted by Gasteiger charge is -2.04. The van der Waals surface area contributed by atoms with Crippen molar-refractivity contribution in [2.45, 2.75) is 26.7 Å². The van der Waals surface area contributed by atoms with Crippen LogP contribution in [0.5, 0.6) is 0 Å². The summed E-state index contributed by atoms with van der Waals surface area (Å²) in [5, 5.41) is 11.8. The van der Waals surface area contributed by atoms with Crippen LogP contribution in [0, 0.1) is 19.8 Å². The zero-order valence-electron chi connectivity index (χ0n) is 9.96. The number of aryl methyl sites for hydroxylation is 1. The van der Waals surface area contributed by atoms with Gasteiger partial charge in [-0.2, -0.15) is 0 Å². The number of aromatic carboxylic acids is 1. The zero-order chi connectivity index (χ0) is 12.6. The van der Waals surface area contributed by atoms with Crippen LogP contribution < -0.4 is 5.32 Å².